The van der Waals surface area contributed by atoms with E-state index in [0.717, 1.165) is 24.4 Å². The average Bonchev–Trinajstić information content (AvgIpc) is 2.85. The summed E-state index contributed by atoms with van der Waals surface area (Å²) >= 11 is 0. The highest BCUT2D eigenvalue weighted by molar-refractivity contribution is 5.74. The Morgan fingerprint density at radius 3 is 2.80 bits per heavy atom. The van der Waals surface area contributed by atoms with E-state index in [9.17, 15) is 4.79 Å². The van der Waals surface area contributed by atoms with E-state index in [2.05, 4.69) is 10.6 Å². The van der Waals surface area contributed by atoms with Gasteiger partial charge in [0.25, 0.3) is 0 Å². The lowest BCUT2D eigenvalue weighted by Crippen LogP contribution is -2.38. The predicted molar refractivity (Wildman–Crippen MR) is 56.5 cm³/mol. The lowest BCUT2D eigenvalue weighted by molar-refractivity contribution is 0.235. The van der Waals surface area contributed by atoms with E-state index in [-0.39, 0.29) is 12.1 Å². The Balaban J connectivity index is 1.85. The van der Waals surface area contributed by atoms with Crippen molar-refractivity contribution in [3.05, 3.63) is 23.7 Å². The van der Waals surface area contributed by atoms with Crippen LogP contribution < -0.4 is 10.6 Å². The van der Waals surface area contributed by atoms with Gasteiger partial charge in [0.1, 0.15) is 11.5 Å². The summed E-state index contributed by atoms with van der Waals surface area (Å²) in [5.74, 6) is 1.65. The van der Waals surface area contributed by atoms with Crippen LogP contribution in [0, 0.1) is 6.92 Å². The van der Waals surface area contributed by atoms with E-state index in [1.807, 2.05) is 26.0 Å². The average molecular weight is 208 g/mol. The number of carbonyl (C=O) groups is 1. The summed E-state index contributed by atoms with van der Waals surface area (Å²) in [7, 11) is 0. The van der Waals surface area contributed by atoms with Crippen LogP contribution in [0.3, 0.4) is 0 Å². The molecular formula is C11H16N2O2. The molecule has 0 radical (unpaired) electrons. The second-order valence-electron chi connectivity index (χ2n) is 4.06. The minimum Gasteiger partial charge on any atom is -0.464 e. The summed E-state index contributed by atoms with van der Waals surface area (Å²) < 4.78 is 5.42. The molecule has 1 saturated carbocycles. The summed E-state index contributed by atoms with van der Waals surface area (Å²) in [4.78, 5) is 11.4. The number of hydrogen-bond acceptors (Lipinski definition) is 2. The first-order chi connectivity index (χ1) is 7.15. The van der Waals surface area contributed by atoms with Gasteiger partial charge in [-0.15, -0.1) is 0 Å². The number of rotatable bonds is 3. The predicted octanol–water partition coefficient (Wildman–Crippen LogP) is 2.11. The number of carbonyl (C=O) groups excluding carboxylic acids is 1. The molecule has 2 N–H and O–H groups in total. The quantitative estimate of drug-likeness (QED) is 0.799. The molecule has 1 aromatic rings. The van der Waals surface area contributed by atoms with Crippen molar-refractivity contribution in [3.63, 3.8) is 0 Å². The molecule has 1 aliphatic carbocycles. The van der Waals surface area contributed by atoms with Crippen molar-refractivity contribution >= 4 is 6.03 Å². The second-order valence-corrected chi connectivity index (χ2v) is 4.06. The molecular weight excluding hydrogens is 192 g/mol. The van der Waals surface area contributed by atoms with Crippen molar-refractivity contribution in [1.29, 1.82) is 0 Å². The monoisotopic (exact) mass is 208 g/mol. The molecule has 0 aromatic carbocycles. The maximum Gasteiger partial charge on any atom is 0.315 e. The molecule has 1 unspecified atom stereocenters. The van der Waals surface area contributed by atoms with Gasteiger partial charge in [-0.25, -0.2) is 4.79 Å². The smallest absolute Gasteiger partial charge is 0.315 e. The maximum atomic E-state index is 11.4. The van der Waals surface area contributed by atoms with Crippen LogP contribution in [0.5, 0.6) is 0 Å². The fraction of sp³-hybridized carbons (Fsp3) is 0.545. The number of urea groups is 1. The Morgan fingerprint density at radius 2 is 2.27 bits per heavy atom. The number of nitrogens with one attached hydrogen (secondary N) is 2. The minimum atomic E-state index is -0.112. The van der Waals surface area contributed by atoms with Crippen molar-refractivity contribution in [1.82, 2.24) is 10.6 Å². The van der Waals surface area contributed by atoms with Crippen molar-refractivity contribution in [2.75, 3.05) is 0 Å². The molecule has 2 rings (SSSR count). The summed E-state index contributed by atoms with van der Waals surface area (Å²) in [5, 5.41) is 5.71. The van der Waals surface area contributed by atoms with Gasteiger partial charge in [0.2, 0.25) is 0 Å². The Labute approximate surface area is 89.0 Å². The van der Waals surface area contributed by atoms with Crippen LogP contribution >= 0.6 is 0 Å². The highest BCUT2D eigenvalue weighted by Gasteiger charge is 2.24. The van der Waals surface area contributed by atoms with Crippen LogP contribution in [0.15, 0.2) is 16.5 Å². The standard InChI is InChI=1S/C11H16N2O2/c1-7-3-6-10(15-7)8(2)12-11(14)13-9-4-5-9/h3,6,8-9H,4-5H2,1-2H3,(H2,12,13,14). The third-order valence-electron chi connectivity index (χ3n) is 2.45. The first-order valence-electron chi connectivity index (χ1n) is 5.28. The highest BCUT2D eigenvalue weighted by atomic mass is 16.3. The topological polar surface area (TPSA) is 54.3 Å². The van der Waals surface area contributed by atoms with Crippen molar-refractivity contribution < 1.29 is 9.21 Å². The van der Waals surface area contributed by atoms with E-state index in [1.165, 1.54) is 0 Å². The third kappa shape index (κ3) is 2.75. The molecule has 0 saturated heterocycles. The van der Waals surface area contributed by atoms with Gasteiger partial charge in [0.15, 0.2) is 0 Å². The van der Waals surface area contributed by atoms with Gasteiger partial charge in [0, 0.05) is 6.04 Å². The molecule has 4 heteroatoms. The van der Waals surface area contributed by atoms with Crippen LogP contribution in [-0.2, 0) is 0 Å². The first-order valence-corrected chi connectivity index (χ1v) is 5.28. The SMILES string of the molecule is Cc1ccc(C(C)NC(=O)NC2CC2)o1. The fourth-order valence-corrected chi connectivity index (χ4v) is 1.41. The number of hydrogen-bond donors (Lipinski definition) is 2. The Hall–Kier alpha value is -1.45. The number of aryl methyl sites for hydroxylation is 1. The summed E-state index contributed by atoms with van der Waals surface area (Å²) in [5.41, 5.74) is 0. The molecule has 1 aliphatic rings. The zero-order valence-electron chi connectivity index (χ0n) is 9.04. The Kier molecular flexibility index (Phi) is 2.66. The minimum absolute atomic E-state index is 0.0857. The number of amides is 2. The van der Waals surface area contributed by atoms with E-state index in [0.29, 0.717) is 6.04 Å². The lowest BCUT2D eigenvalue weighted by atomic mass is 10.2. The molecule has 0 spiro atoms. The zero-order chi connectivity index (χ0) is 10.8. The van der Waals surface area contributed by atoms with Crippen LogP contribution in [0.2, 0.25) is 0 Å². The summed E-state index contributed by atoms with van der Waals surface area (Å²) in [6.45, 7) is 3.80. The Morgan fingerprint density at radius 1 is 1.53 bits per heavy atom. The summed E-state index contributed by atoms with van der Waals surface area (Å²) in [6.07, 6.45) is 2.20. The van der Waals surface area contributed by atoms with Gasteiger partial charge in [-0.2, -0.15) is 0 Å². The molecule has 1 atom stereocenters. The largest absolute Gasteiger partial charge is 0.464 e. The lowest BCUT2D eigenvalue weighted by Gasteiger charge is -2.11. The van der Waals surface area contributed by atoms with Gasteiger partial charge in [-0.05, 0) is 38.8 Å². The third-order valence-corrected chi connectivity index (χ3v) is 2.45. The van der Waals surface area contributed by atoms with Crippen LogP contribution in [0.1, 0.15) is 37.3 Å². The molecule has 1 aromatic heterocycles. The van der Waals surface area contributed by atoms with E-state index in [4.69, 9.17) is 4.42 Å². The van der Waals surface area contributed by atoms with Gasteiger partial charge in [0.05, 0.1) is 6.04 Å². The van der Waals surface area contributed by atoms with Crippen molar-refractivity contribution in [3.8, 4) is 0 Å². The van der Waals surface area contributed by atoms with E-state index in [1.54, 1.807) is 0 Å². The van der Waals surface area contributed by atoms with Crippen molar-refractivity contribution in [2.45, 2.75) is 38.8 Å². The van der Waals surface area contributed by atoms with Gasteiger partial charge in [-0.1, -0.05) is 0 Å². The van der Waals surface area contributed by atoms with E-state index >= 15 is 0 Å². The molecule has 82 valence electrons. The molecule has 0 aliphatic heterocycles. The van der Waals surface area contributed by atoms with Crippen LogP contribution in [-0.4, -0.2) is 12.1 Å². The molecule has 0 bridgehead atoms. The number of furan rings is 1. The molecule has 4 nitrogen and oxygen atoms in total. The fourth-order valence-electron chi connectivity index (χ4n) is 1.41. The van der Waals surface area contributed by atoms with Crippen LogP contribution in [0.4, 0.5) is 4.79 Å². The van der Waals surface area contributed by atoms with Gasteiger partial charge in [-0.3, -0.25) is 0 Å². The van der Waals surface area contributed by atoms with Gasteiger partial charge < -0.3 is 15.1 Å². The second kappa shape index (κ2) is 3.96. The highest BCUT2D eigenvalue weighted by Crippen LogP contribution is 2.19. The maximum absolute atomic E-state index is 11.4. The first kappa shape index (κ1) is 10.1. The van der Waals surface area contributed by atoms with Gasteiger partial charge >= 0.3 is 6.03 Å². The zero-order valence-corrected chi connectivity index (χ0v) is 9.04. The summed E-state index contributed by atoms with van der Waals surface area (Å²) in [6, 6.07) is 3.97. The molecule has 1 fully saturated rings. The molecule has 15 heavy (non-hydrogen) atoms. The Bertz CT molecular complexity index is 355. The van der Waals surface area contributed by atoms with Crippen LogP contribution in [0.25, 0.3) is 0 Å². The van der Waals surface area contributed by atoms with Crippen molar-refractivity contribution in [2.24, 2.45) is 0 Å². The van der Waals surface area contributed by atoms with E-state index < -0.39 is 0 Å². The molecule has 1 heterocycles. The normalized spacial score (nSPS) is 17.2. The molecule has 2 amide bonds.